The maximum Gasteiger partial charge on any atom is 0.306 e. The molecule has 0 aromatic heterocycles. The number of rotatable bonds is 8. The van der Waals surface area contributed by atoms with E-state index in [-0.39, 0.29) is 23.9 Å². The number of benzene rings is 2. The molecule has 6 nitrogen and oxygen atoms in total. The lowest BCUT2D eigenvalue weighted by molar-refractivity contribution is -0.153. The van der Waals surface area contributed by atoms with Gasteiger partial charge in [0.05, 0.1) is 10.7 Å². The molecule has 154 valence electrons. The second-order valence-electron chi connectivity index (χ2n) is 6.11. The van der Waals surface area contributed by atoms with Crippen LogP contribution in [0.2, 0.25) is 15.1 Å². The zero-order valence-corrected chi connectivity index (χ0v) is 17.8. The van der Waals surface area contributed by atoms with Gasteiger partial charge < -0.3 is 15.4 Å². The van der Waals surface area contributed by atoms with Crippen LogP contribution < -0.4 is 10.6 Å². The number of carbonyl (C=O) groups excluding carboxylic acids is 3. The summed E-state index contributed by atoms with van der Waals surface area (Å²) in [7, 11) is 0. The molecule has 0 saturated heterocycles. The molecule has 0 aliphatic heterocycles. The maximum atomic E-state index is 12.1. The molecule has 0 saturated carbocycles. The first-order chi connectivity index (χ1) is 13.8. The van der Waals surface area contributed by atoms with Crippen molar-refractivity contribution < 1.29 is 19.1 Å². The van der Waals surface area contributed by atoms with E-state index in [0.29, 0.717) is 27.7 Å². The van der Waals surface area contributed by atoms with Crippen LogP contribution in [0.3, 0.4) is 0 Å². The van der Waals surface area contributed by atoms with Gasteiger partial charge in [0, 0.05) is 28.6 Å². The molecule has 2 rings (SSSR count). The van der Waals surface area contributed by atoms with Gasteiger partial charge in [-0.2, -0.15) is 0 Å². The lowest BCUT2D eigenvalue weighted by Crippen LogP contribution is -2.30. The molecule has 2 N–H and O–H groups in total. The quantitative estimate of drug-likeness (QED) is 0.443. The molecule has 0 fully saturated rings. The van der Waals surface area contributed by atoms with Crippen LogP contribution in [0.1, 0.15) is 30.1 Å². The SMILES string of the molecule is CC(OC(=O)CCCNC(=O)c1ccc(Cl)cc1)C(=O)Nc1ccc(Cl)cc1Cl. The minimum absolute atomic E-state index is 0.0558. The van der Waals surface area contributed by atoms with E-state index in [1.54, 1.807) is 36.4 Å². The van der Waals surface area contributed by atoms with E-state index in [2.05, 4.69) is 10.6 Å². The van der Waals surface area contributed by atoms with E-state index >= 15 is 0 Å². The molecule has 29 heavy (non-hydrogen) atoms. The van der Waals surface area contributed by atoms with E-state index in [1.807, 2.05) is 0 Å². The Balaban J connectivity index is 1.70. The summed E-state index contributed by atoms with van der Waals surface area (Å²) >= 11 is 17.6. The molecule has 1 unspecified atom stereocenters. The summed E-state index contributed by atoms with van der Waals surface area (Å²) in [5, 5.41) is 6.53. The average Bonchev–Trinajstić information content (AvgIpc) is 2.67. The molecular formula is C20H19Cl3N2O4. The number of nitrogens with one attached hydrogen (secondary N) is 2. The first-order valence-electron chi connectivity index (χ1n) is 8.75. The van der Waals surface area contributed by atoms with Crippen LogP contribution in [-0.4, -0.2) is 30.4 Å². The van der Waals surface area contributed by atoms with Crippen LogP contribution in [-0.2, 0) is 14.3 Å². The van der Waals surface area contributed by atoms with Crippen molar-refractivity contribution >= 4 is 58.3 Å². The standard InChI is InChI=1S/C20H19Cl3N2O4/c1-12(19(27)25-17-9-8-15(22)11-16(17)23)29-18(26)3-2-10-24-20(28)13-4-6-14(21)7-5-13/h4-9,11-12H,2-3,10H2,1H3,(H,24,28)(H,25,27). The third-order valence-electron chi connectivity index (χ3n) is 3.82. The highest BCUT2D eigenvalue weighted by molar-refractivity contribution is 6.36. The Morgan fingerprint density at radius 1 is 1.00 bits per heavy atom. The van der Waals surface area contributed by atoms with Crippen molar-refractivity contribution in [2.75, 3.05) is 11.9 Å². The second-order valence-corrected chi connectivity index (χ2v) is 7.39. The number of amides is 2. The van der Waals surface area contributed by atoms with Crippen LogP contribution in [0, 0.1) is 0 Å². The fraction of sp³-hybridized carbons (Fsp3) is 0.250. The number of esters is 1. The first kappa shape index (κ1) is 23.0. The molecule has 0 radical (unpaired) electrons. The number of halogens is 3. The lowest BCUT2D eigenvalue weighted by Gasteiger charge is -2.14. The fourth-order valence-corrected chi connectivity index (χ4v) is 2.85. The highest BCUT2D eigenvalue weighted by Crippen LogP contribution is 2.25. The van der Waals surface area contributed by atoms with Crippen LogP contribution in [0.25, 0.3) is 0 Å². The highest BCUT2D eigenvalue weighted by atomic mass is 35.5. The van der Waals surface area contributed by atoms with Crippen molar-refractivity contribution in [3.63, 3.8) is 0 Å². The van der Waals surface area contributed by atoms with Crippen LogP contribution in [0.15, 0.2) is 42.5 Å². The molecule has 0 heterocycles. The molecule has 0 spiro atoms. The van der Waals surface area contributed by atoms with Crippen molar-refractivity contribution in [1.29, 1.82) is 0 Å². The molecule has 2 amide bonds. The van der Waals surface area contributed by atoms with Gasteiger partial charge in [0.1, 0.15) is 0 Å². The summed E-state index contributed by atoms with van der Waals surface area (Å²) in [6.07, 6.45) is -0.576. The zero-order valence-electron chi connectivity index (χ0n) is 15.5. The van der Waals surface area contributed by atoms with Gasteiger partial charge in [-0.15, -0.1) is 0 Å². The molecule has 9 heteroatoms. The van der Waals surface area contributed by atoms with Gasteiger partial charge in [0.25, 0.3) is 11.8 Å². The topological polar surface area (TPSA) is 84.5 Å². The highest BCUT2D eigenvalue weighted by Gasteiger charge is 2.18. The van der Waals surface area contributed by atoms with Crippen LogP contribution >= 0.6 is 34.8 Å². The van der Waals surface area contributed by atoms with Gasteiger partial charge in [-0.1, -0.05) is 34.8 Å². The summed E-state index contributed by atoms with van der Waals surface area (Å²) in [6.45, 7) is 1.75. The number of ether oxygens (including phenoxy) is 1. The average molecular weight is 458 g/mol. The molecule has 2 aromatic rings. The van der Waals surface area contributed by atoms with E-state index < -0.39 is 18.0 Å². The summed E-state index contributed by atoms with van der Waals surface area (Å²) in [5.41, 5.74) is 0.844. The van der Waals surface area contributed by atoms with Crippen molar-refractivity contribution in [2.45, 2.75) is 25.9 Å². The Hall–Kier alpha value is -2.28. The minimum Gasteiger partial charge on any atom is -0.453 e. The zero-order chi connectivity index (χ0) is 21.4. The number of carbonyl (C=O) groups is 3. The summed E-state index contributed by atoms with van der Waals surface area (Å²) < 4.78 is 5.11. The monoisotopic (exact) mass is 456 g/mol. The molecule has 0 bridgehead atoms. The Bertz CT molecular complexity index is 888. The first-order valence-corrected chi connectivity index (χ1v) is 9.89. The number of hydrogen-bond acceptors (Lipinski definition) is 4. The van der Waals surface area contributed by atoms with Crippen molar-refractivity contribution in [2.24, 2.45) is 0 Å². The van der Waals surface area contributed by atoms with Gasteiger partial charge in [0.15, 0.2) is 6.10 Å². The molecule has 1 atom stereocenters. The van der Waals surface area contributed by atoms with Gasteiger partial charge in [-0.25, -0.2) is 0 Å². The largest absolute Gasteiger partial charge is 0.453 e. The van der Waals surface area contributed by atoms with Crippen LogP contribution in [0.4, 0.5) is 5.69 Å². The predicted molar refractivity (Wildman–Crippen MR) is 114 cm³/mol. The lowest BCUT2D eigenvalue weighted by atomic mass is 10.2. The van der Waals surface area contributed by atoms with Crippen molar-refractivity contribution in [3.05, 3.63) is 63.1 Å². The van der Waals surface area contributed by atoms with Gasteiger partial charge in [-0.05, 0) is 55.8 Å². The third kappa shape index (κ3) is 7.57. The van der Waals surface area contributed by atoms with Gasteiger partial charge >= 0.3 is 5.97 Å². The Morgan fingerprint density at radius 3 is 2.31 bits per heavy atom. The molecule has 0 aliphatic rings. The Morgan fingerprint density at radius 2 is 1.66 bits per heavy atom. The van der Waals surface area contributed by atoms with Gasteiger partial charge in [0.2, 0.25) is 0 Å². The summed E-state index contributed by atoms with van der Waals surface area (Å²) in [6, 6.07) is 11.1. The fourth-order valence-electron chi connectivity index (χ4n) is 2.27. The van der Waals surface area contributed by atoms with Crippen molar-refractivity contribution in [3.8, 4) is 0 Å². The Labute approximate surface area is 183 Å². The predicted octanol–water partition coefficient (Wildman–Crippen LogP) is 4.73. The molecule has 2 aromatic carbocycles. The second kappa shape index (κ2) is 11.0. The summed E-state index contributed by atoms with van der Waals surface area (Å²) in [5.74, 6) is -1.32. The summed E-state index contributed by atoms with van der Waals surface area (Å²) in [4.78, 5) is 36.0. The maximum absolute atomic E-state index is 12.1. The third-order valence-corrected chi connectivity index (χ3v) is 4.62. The van der Waals surface area contributed by atoms with E-state index in [4.69, 9.17) is 39.5 Å². The van der Waals surface area contributed by atoms with E-state index in [1.165, 1.54) is 13.0 Å². The van der Waals surface area contributed by atoms with Crippen molar-refractivity contribution in [1.82, 2.24) is 5.32 Å². The number of hydrogen-bond donors (Lipinski definition) is 2. The smallest absolute Gasteiger partial charge is 0.306 e. The van der Waals surface area contributed by atoms with Gasteiger partial charge in [-0.3, -0.25) is 14.4 Å². The number of anilines is 1. The molecular weight excluding hydrogens is 439 g/mol. The normalized spacial score (nSPS) is 11.4. The Kier molecular flexibility index (Phi) is 8.76. The van der Waals surface area contributed by atoms with E-state index in [9.17, 15) is 14.4 Å². The molecule has 0 aliphatic carbocycles. The van der Waals surface area contributed by atoms with Crippen LogP contribution in [0.5, 0.6) is 0 Å². The van der Waals surface area contributed by atoms with E-state index in [0.717, 1.165) is 0 Å². The minimum atomic E-state index is -1.00.